The fourth-order valence-corrected chi connectivity index (χ4v) is 4.99. The van der Waals surface area contributed by atoms with Crippen LogP contribution in [0.15, 0.2) is 0 Å². The van der Waals surface area contributed by atoms with Crippen molar-refractivity contribution in [2.45, 2.75) is 70.5 Å². The lowest BCUT2D eigenvalue weighted by atomic mass is 9.62. The molecule has 3 aliphatic rings. The van der Waals surface area contributed by atoms with Gasteiger partial charge in [-0.1, -0.05) is 26.7 Å². The maximum atomic E-state index is 6.63. The molecule has 0 radical (unpaired) electrons. The summed E-state index contributed by atoms with van der Waals surface area (Å²) in [7, 11) is 0. The Bertz CT molecular complexity index is 278. The third-order valence-corrected chi connectivity index (χ3v) is 5.74. The van der Waals surface area contributed by atoms with Crippen molar-refractivity contribution in [3.05, 3.63) is 0 Å². The highest BCUT2D eigenvalue weighted by atomic mass is 15.0. The molecule has 0 aromatic heterocycles. The summed E-state index contributed by atoms with van der Waals surface area (Å²) in [6.45, 7) is 4.84. The van der Waals surface area contributed by atoms with Crippen LogP contribution in [0.25, 0.3) is 0 Å². The smallest absolute Gasteiger partial charge is 0.0139 e. The zero-order valence-corrected chi connectivity index (χ0v) is 11.4. The van der Waals surface area contributed by atoms with Gasteiger partial charge in [0, 0.05) is 18.1 Å². The Kier molecular flexibility index (Phi) is 3.20. The van der Waals surface area contributed by atoms with Crippen LogP contribution >= 0.6 is 0 Å². The van der Waals surface area contributed by atoms with Gasteiger partial charge in [0.15, 0.2) is 0 Å². The quantitative estimate of drug-likeness (QED) is 0.678. The van der Waals surface area contributed by atoms with E-state index < -0.39 is 0 Å². The van der Waals surface area contributed by atoms with E-state index >= 15 is 0 Å². The lowest BCUT2D eigenvalue weighted by molar-refractivity contribution is 0.0290. The van der Waals surface area contributed by atoms with Gasteiger partial charge in [-0.2, -0.15) is 0 Å². The van der Waals surface area contributed by atoms with E-state index in [1.54, 1.807) is 0 Å². The summed E-state index contributed by atoms with van der Waals surface area (Å²) < 4.78 is 0. The Morgan fingerprint density at radius 2 is 1.76 bits per heavy atom. The van der Waals surface area contributed by atoms with Gasteiger partial charge in [-0.15, -0.1) is 0 Å². The van der Waals surface area contributed by atoms with Gasteiger partial charge < -0.3 is 11.1 Å². The monoisotopic (exact) mass is 236 g/mol. The Morgan fingerprint density at radius 3 is 2.59 bits per heavy atom. The van der Waals surface area contributed by atoms with Gasteiger partial charge in [-0.3, -0.25) is 0 Å². The van der Waals surface area contributed by atoms with Crippen molar-refractivity contribution in [1.29, 1.82) is 0 Å². The van der Waals surface area contributed by atoms with Gasteiger partial charge in [-0.05, 0) is 49.4 Å². The molecule has 3 N–H and O–H groups in total. The Balaban J connectivity index is 1.79. The van der Waals surface area contributed by atoms with Crippen molar-refractivity contribution in [1.82, 2.24) is 5.32 Å². The molecule has 0 aromatic rings. The second-order valence-corrected chi connectivity index (χ2v) is 7.04. The Labute approximate surface area is 106 Å². The summed E-state index contributed by atoms with van der Waals surface area (Å²) in [5.41, 5.74) is 6.63. The zero-order valence-electron chi connectivity index (χ0n) is 11.4. The van der Waals surface area contributed by atoms with E-state index in [1.165, 1.54) is 38.5 Å². The van der Waals surface area contributed by atoms with Gasteiger partial charge in [0.25, 0.3) is 0 Å². The van der Waals surface area contributed by atoms with Gasteiger partial charge in [-0.25, -0.2) is 0 Å². The first kappa shape index (κ1) is 12.0. The highest BCUT2D eigenvalue weighted by Gasteiger charge is 2.47. The van der Waals surface area contributed by atoms with Crippen LogP contribution in [0.1, 0.15) is 52.4 Å². The highest BCUT2D eigenvalue weighted by Crippen LogP contribution is 2.43. The van der Waals surface area contributed by atoms with Gasteiger partial charge in [0.2, 0.25) is 0 Å². The molecule has 3 fully saturated rings. The van der Waals surface area contributed by atoms with E-state index in [9.17, 15) is 0 Å². The van der Waals surface area contributed by atoms with E-state index in [-0.39, 0.29) is 0 Å². The van der Waals surface area contributed by atoms with Crippen LogP contribution in [0.3, 0.4) is 0 Å². The topological polar surface area (TPSA) is 38.0 Å². The molecule has 17 heavy (non-hydrogen) atoms. The molecule has 0 aromatic carbocycles. The molecular weight excluding hydrogens is 208 g/mol. The van der Waals surface area contributed by atoms with Crippen molar-refractivity contribution in [3.63, 3.8) is 0 Å². The Hall–Kier alpha value is -0.0800. The van der Waals surface area contributed by atoms with Gasteiger partial charge >= 0.3 is 0 Å². The number of hydrogen-bond acceptors (Lipinski definition) is 2. The predicted molar refractivity (Wildman–Crippen MR) is 71.7 cm³/mol. The maximum Gasteiger partial charge on any atom is 0.0139 e. The van der Waals surface area contributed by atoms with Gasteiger partial charge in [0.05, 0.1) is 0 Å². The summed E-state index contributed by atoms with van der Waals surface area (Å²) in [4.78, 5) is 0. The van der Waals surface area contributed by atoms with Crippen LogP contribution in [-0.2, 0) is 0 Å². The molecule has 1 aliphatic heterocycles. The summed E-state index contributed by atoms with van der Waals surface area (Å²) >= 11 is 0. The van der Waals surface area contributed by atoms with Crippen molar-refractivity contribution in [2.24, 2.45) is 29.4 Å². The first-order valence-corrected chi connectivity index (χ1v) is 7.68. The molecule has 2 aliphatic carbocycles. The van der Waals surface area contributed by atoms with E-state index in [4.69, 9.17) is 5.73 Å². The molecule has 2 heteroatoms. The SMILES string of the molecule is CC1CC(C)C2NC3CCCCC3C(N)C2C1. The molecule has 0 spiro atoms. The van der Waals surface area contributed by atoms with Crippen LogP contribution in [0.2, 0.25) is 0 Å². The molecule has 98 valence electrons. The third-order valence-electron chi connectivity index (χ3n) is 5.74. The third kappa shape index (κ3) is 2.04. The molecule has 3 rings (SSSR count). The summed E-state index contributed by atoms with van der Waals surface area (Å²) in [5, 5.41) is 3.98. The van der Waals surface area contributed by atoms with E-state index in [0.29, 0.717) is 12.1 Å². The molecule has 2 nitrogen and oxygen atoms in total. The molecular formula is C15H28N2. The van der Waals surface area contributed by atoms with Crippen LogP contribution in [-0.4, -0.2) is 18.1 Å². The van der Waals surface area contributed by atoms with Crippen molar-refractivity contribution in [3.8, 4) is 0 Å². The fraction of sp³-hybridized carbons (Fsp3) is 1.00. The first-order chi connectivity index (χ1) is 8.16. The average Bonchev–Trinajstić information content (AvgIpc) is 2.31. The molecule has 1 heterocycles. The highest BCUT2D eigenvalue weighted by molar-refractivity contribution is 5.04. The van der Waals surface area contributed by atoms with Crippen molar-refractivity contribution in [2.75, 3.05) is 0 Å². The van der Waals surface area contributed by atoms with Gasteiger partial charge in [0.1, 0.15) is 0 Å². The lowest BCUT2D eigenvalue weighted by Crippen LogP contribution is -2.65. The van der Waals surface area contributed by atoms with E-state index in [0.717, 1.165) is 29.7 Å². The van der Waals surface area contributed by atoms with Crippen LogP contribution in [0.5, 0.6) is 0 Å². The van der Waals surface area contributed by atoms with Crippen LogP contribution < -0.4 is 11.1 Å². The fourth-order valence-electron chi connectivity index (χ4n) is 4.99. The van der Waals surface area contributed by atoms with Crippen LogP contribution in [0.4, 0.5) is 0 Å². The standard InChI is InChI=1S/C15H28N2/c1-9-7-10(2)15-12(8-9)14(16)11-5-3-4-6-13(11)17-15/h9-15,17H,3-8,16H2,1-2H3. The van der Waals surface area contributed by atoms with Crippen molar-refractivity contribution < 1.29 is 0 Å². The number of nitrogens with one attached hydrogen (secondary N) is 1. The van der Waals surface area contributed by atoms with E-state index in [2.05, 4.69) is 19.2 Å². The second kappa shape index (κ2) is 4.55. The number of fused-ring (bicyclic) bond motifs is 2. The van der Waals surface area contributed by atoms with Crippen molar-refractivity contribution >= 4 is 0 Å². The summed E-state index contributed by atoms with van der Waals surface area (Å²) in [5.74, 6) is 3.20. The molecule has 7 atom stereocenters. The zero-order chi connectivity index (χ0) is 12.0. The Morgan fingerprint density at radius 1 is 1.00 bits per heavy atom. The molecule has 0 bridgehead atoms. The lowest BCUT2D eigenvalue weighted by Gasteiger charge is -2.53. The minimum absolute atomic E-state index is 0.469. The summed E-state index contributed by atoms with van der Waals surface area (Å²) in [6.07, 6.45) is 8.28. The molecule has 2 saturated carbocycles. The first-order valence-electron chi connectivity index (χ1n) is 7.68. The second-order valence-electron chi connectivity index (χ2n) is 7.04. The van der Waals surface area contributed by atoms with Crippen LogP contribution in [0, 0.1) is 23.7 Å². The number of nitrogens with two attached hydrogens (primary N) is 1. The van der Waals surface area contributed by atoms with E-state index in [1.807, 2.05) is 0 Å². The molecule has 0 amide bonds. The number of piperidine rings is 1. The number of hydrogen-bond donors (Lipinski definition) is 2. The molecule has 7 unspecified atom stereocenters. The molecule has 1 saturated heterocycles. The average molecular weight is 236 g/mol. The minimum atomic E-state index is 0.469. The maximum absolute atomic E-state index is 6.63. The largest absolute Gasteiger partial charge is 0.327 e. The predicted octanol–water partition coefficient (Wildman–Crippen LogP) is 2.53. The summed E-state index contributed by atoms with van der Waals surface area (Å²) in [6, 6.07) is 1.91. The minimum Gasteiger partial charge on any atom is -0.327 e. The number of rotatable bonds is 0. The normalized spacial score (nSPS) is 54.9.